The van der Waals surface area contributed by atoms with Gasteiger partial charge in [-0.15, -0.1) is 0 Å². The molecule has 8 saturated carbocycles. The van der Waals surface area contributed by atoms with Crippen LogP contribution in [0.25, 0.3) is 0 Å². The molecule has 9 heteroatoms. The maximum atomic E-state index is 13.4. The van der Waals surface area contributed by atoms with Gasteiger partial charge in [0.15, 0.2) is 0 Å². The molecule has 0 unspecified atom stereocenters. The summed E-state index contributed by atoms with van der Waals surface area (Å²) in [7, 11) is 0. The summed E-state index contributed by atoms with van der Waals surface area (Å²) in [5, 5.41) is 29.6. The van der Waals surface area contributed by atoms with E-state index in [-0.39, 0.29) is 12.3 Å². The lowest BCUT2D eigenvalue weighted by molar-refractivity contribution is -0.158. The molecule has 0 amide bonds. The van der Waals surface area contributed by atoms with Crippen LogP contribution in [0.3, 0.4) is 0 Å². The van der Waals surface area contributed by atoms with Crippen LogP contribution in [0.5, 0.6) is 0 Å². The summed E-state index contributed by atoms with van der Waals surface area (Å²) >= 11 is 0. The summed E-state index contributed by atoms with van der Waals surface area (Å²) in [4.78, 5) is 5.97. The van der Waals surface area contributed by atoms with Gasteiger partial charge < -0.3 is 14.8 Å². The fraction of sp³-hybridized carbons (Fsp3) is 0.816. The second-order valence-electron chi connectivity index (χ2n) is 22.2. The number of nitrogens with zero attached hydrogens (tertiary/aromatic N) is 5. The van der Waals surface area contributed by atoms with Gasteiger partial charge in [-0.1, -0.05) is 38.2 Å². The first kappa shape index (κ1) is 41.0. The summed E-state index contributed by atoms with van der Waals surface area (Å²) in [6.45, 7) is 17.8. The molecule has 8 fully saturated rings. The maximum Gasteiger partial charge on any atom is 0.266 e. The summed E-state index contributed by atoms with van der Waals surface area (Å²) in [5.74, 6) is 8.48. The molecule has 10 rings (SSSR count). The number of alkyl halides is 2. The number of allylic oxidation sites excluding steroid dienone is 2. The number of halogens is 2. The Labute approximate surface area is 346 Å². The van der Waals surface area contributed by atoms with Crippen molar-refractivity contribution < 1.29 is 19.0 Å². The van der Waals surface area contributed by atoms with Gasteiger partial charge in [-0.3, -0.25) is 0 Å². The van der Waals surface area contributed by atoms with Crippen LogP contribution in [0.1, 0.15) is 136 Å². The SMILES string of the molecule is C=C(Cn1ccnc1)[C@H]1CC[C@H]2[C@@H]3CC[C@H]4C[C@@](O)(C(F)F)CC[C@@H]4[C@H]3CC[C@]12C.C=C(Cn1nccn1)[C@H]1CC[C@H]2[C@@H]3CC[C@H]4C[C@](C)(O)CC[C@@H]4[C@H]3CC[C@]12C. The smallest absolute Gasteiger partial charge is 0.266 e. The molecule has 320 valence electrons. The minimum absolute atomic E-state index is 0.279. The molecule has 0 saturated heterocycles. The van der Waals surface area contributed by atoms with Crippen molar-refractivity contribution in [3.05, 3.63) is 55.4 Å². The Morgan fingerprint density at radius 3 is 1.72 bits per heavy atom. The lowest BCUT2D eigenvalue weighted by Gasteiger charge is -2.57. The highest BCUT2D eigenvalue weighted by Gasteiger charge is 2.60. The topological polar surface area (TPSA) is 89.0 Å². The Bertz CT molecular complexity index is 1760. The molecule has 8 aliphatic rings. The van der Waals surface area contributed by atoms with Crippen LogP contribution in [-0.2, 0) is 13.1 Å². The van der Waals surface area contributed by atoms with E-state index in [9.17, 15) is 19.0 Å². The molecule has 2 aromatic heterocycles. The predicted octanol–water partition coefficient (Wildman–Crippen LogP) is 10.6. The number of aliphatic hydroxyl groups is 2. The third kappa shape index (κ3) is 7.19. The third-order valence-electron chi connectivity index (χ3n) is 19.4. The van der Waals surface area contributed by atoms with Gasteiger partial charge in [0.1, 0.15) is 5.60 Å². The predicted molar refractivity (Wildman–Crippen MR) is 223 cm³/mol. The van der Waals surface area contributed by atoms with Gasteiger partial charge in [-0.05, 0) is 204 Å². The maximum absolute atomic E-state index is 13.4. The molecular formula is C49H73F2N5O2. The minimum atomic E-state index is -2.61. The third-order valence-corrected chi connectivity index (χ3v) is 19.4. The number of rotatable bonds is 7. The monoisotopic (exact) mass is 802 g/mol. The van der Waals surface area contributed by atoms with Crippen LogP contribution in [0.4, 0.5) is 8.78 Å². The molecule has 0 radical (unpaired) electrons. The standard InChI is InChI=1S/C25H36F2N2O.C24H37N3O/c1-16(14-29-12-11-28-15-29)21-5-6-22-20-4-3-17-13-25(30,23(26)27)10-8-18(17)19(20)7-9-24(21,22)2;1-16(15-27-25-12-13-26-27)21-6-7-22-20-5-4-17-14-23(2,28)10-8-18(17)19(20)9-11-24(21,22)3/h11-12,15,17-23,30H,1,3-10,13-14H2,2H3;12-13,17-22,28H,1,4-11,14-15H2,2-3H3/t17-,18-,19+,20+,21+,22-,24+,25+;17-,18-,19+,20+,21+,22-,23+,24+/m00/s1. The number of hydrogen-bond acceptors (Lipinski definition) is 5. The molecule has 58 heavy (non-hydrogen) atoms. The number of imidazole rings is 1. The highest BCUT2D eigenvalue weighted by Crippen LogP contribution is 2.67. The van der Waals surface area contributed by atoms with E-state index in [4.69, 9.17) is 0 Å². The molecule has 0 aliphatic heterocycles. The van der Waals surface area contributed by atoms with E-state index >= 15 is 0 Å². The quantitative estimate of drug-likeness (QED) is 0.272. The summed E-state index contributed by atoms with van der Waals surface area (Å²) in [5.41, 5.74) is 1.27. The van der Waals surface area contributed by atoms with Crippen LogP contribution in [0.15, 0.2) is 55.4 Å². The Morgan fingerprint density at radius 2 is 1.17 bits per heavy atom. The average molecular weight is 802 g/mol. The molecule has 0 spiro atoms. The van der Waals surface area contributed by atoms with Crippen LogP contribution >= 0.6 is 0 Å². The van der Waals surface area contributed by atoms with Gasteiger partial charge in [-0.25, -0.2) is 13.8 Å². The van der Waals surface area contributed by atoms with Crippen LogP contribution in [0.2, 0.25) is 0 Å². The van der Waals surface area contributed by atoms with Gasteiger partial charge in [0.25, 0.3) is 6.43 Å². The number of fused-ring (bicyclic) bond motifs is 10. The number of hydrogen-bond donors (Lipinski definition) is 2. The molecule has 0 bridgehead atoms. The van der Waals surface area contributed by atoms with E-state index in [0.717, 1.165) is 86.6 Å². The summed E-state index contributed by atoms with van der Waals surface area (Å²) < 4.78 is 29.0. The second kappa shape index (κ2) is 15.5. The van der Waals surface area contributed by atoms with Crippen molar-refractivity contribution in [3.8, 4) is 0 Å². The summed E-state index contributed by atoms with van der Waals surface area (Å²) in [6.07, 6.45) is 26.6. The first-order valence-electron chi connectivity index (χ1n) is 23.6. The van der Waals surface area contributed by atoms with E-state index in [2.05, 4.69) is 53.7 Å². The van der Waals surface area contributed by atoms with Gasteiger partial charge in [0.2, 0.25) is 0 Å². The molecule has 0 aromatic carbocycles. The van der Waals surface area contributed by atoms with E-state index in [1.165, 1.54) is 81.8 Å². The molecule has 16 atom stereocenters. The highest BCUT2D eigenvalue weighted by atomic mass is 19.3. The molecule has 2 N–H and O–H groups in total. The highest BCUT2D eigenvalue weighted by molar-refractivity contribution is 5.17. The van der Waals surface area contributed by atoms with Crippen molar-refractivity contribution in [1.29, 1.82) is 0 Å². The zero-order chi connectivity index (χ0) is 40.6. The minimum Gasteiger partial charge on any atom is -0.390 e. The van der Waals surface area contributed by atoms with Crippen molar-refractivity contribution in [2.45, 2.75) is 167 Å². The van der Waals surface area contributed by atoms with Crippen molar-refractivity contribution in [2.24, 2.45) is 81.8 Å². The Kier molecular flexibility index (Phi) is 11.0. The van der Waals surface area contributed by atoms with Crippen LogP contribution in [0, 0.1) is 81.8 Å². The molecular weight excluding hydrogens is 729 g/mol. The first-order chi connectivity index (χ1) is 27.7. The first-order valence-corrected chi connectivity index (χ1v) is 23.6. The lowest BCUT2D eigenvalue weighted by Crippen LogP contribution is -2.52. The average Bonchev–Trinajstić information content (AvgIpc) is 4.01. The van der Waals surface area contributed by atoms with Crippen molar-refractivity contribution in [3.63, 3.8) is 0 Å². The van der Waals surface area contributed by atoms with E-state index < -0.39 is 17.6 Å². The van der Waals surface area contributed by atoms with E-state index in [0.29, 0.717) is 40.9 Å². The molecule has 7 nitrogen and oxygen atoms in total. The molecule has 2 aromatic rings. The lowest BCUT2D eigenvalue weighted by atomic mass is 9.48. The van der Waals surface area contributed by atoms with Crippen molar-refractivity contribution in [1.82, 2.24) is 24.5 Å². The van der Waals surface area contributed by atoms with Gasteiger partial charge in [0, 0.05) is 18.9 Å². The van der Waals surface area contributed by atoms with Crippen LogP contribution in [-0.4, -0.2) is 52.4 Å². The fourth-order valence-electron chi connectivity index (χ4n) is 16.9. The Balaban J connectivity index is 0.000000151. The van der Waals surface area contributed by atoms with Gasteiger partial charge >= 0.3 is 0 Å². The molecule has 2 heterocycles. The Hall–Kier alpha value is -2.39. The van der Waals surface area contributed by atoms with E-state index in [1.54, 1.807) is 17.2 Å². The van der Waals surface area contributed by atoms with Crippen molar-refractivity contribution in [2.75, 3.05) is 0 Å². The van der Waals surface area contributed by atoms with Gasteiger partial charge in [-0.2, -0.15) is 15.0 Å². The van der Waals surface area contributed by atoms with Crippen molar-refractivity contribution >= 4 is 0 Å². The number of aromatic nitrogens is 5. The van der Waals surface area contributed by atoms with Gasteiger partial charge in [0.05, 0.1) is 30.9 Å². The Morgan fingerprint density at radius 1 is 0.638 bits per heavy atom. The largest absolute Gasteiger partial charge is 0.390 e. The fourth-order valence-corrected chi connectivity index (χ4v) is 16.9. The van der Waals surface area contributed by atoms with E-state index in [1.807, 2.05) is 18.7 Å². The zero-order valence-electron chi connectivity index (χ0n) is 35.8. The zero-order valence-corrected chi connectivity index (χ0v) is 35.8. The summed E-state index contributed by atoms with van der Waals surface area (Å²) in [6, 6.07) is 0. The normalized spacial score (nSPS) is 46.7. The second-order valence-corrected chi connectivity index (χ2v) is 22.2. The molecule has 8 aliphatic carbocycles. The van der Waals surface area contributed by atoms with Crippen LogP contribution < -0.4 is 0 Å².